The molecule has 3 heteroatoms. The maximum Gasteiger partial charge on any atom is -0.00848 e. The van der Waals surface area contributed by atoms with E-state index in [0.717, 1.165) is 0 Å². The molecule has 0 unspecified atom stereocenters. The molecule has 0 radical (unpaired) electrons. The van der Waals surface area contributed by atoms with Gasteiger partial charge in [0.25, 0.3) is 0 Å². The maximum atomic E-state index is 4.50. The van der Waals surface area contributed by atoms with E-state index in [0.29, 0.717) is 0 Å². The van der Waals surface area contributed by atoms with Gasteiger partial charge in [-0.2, -0.15) is 0 Å². The van der Waals surface area contributed by atoms with Crippen molar-refractivity contribution in [1.29, 1.82) is 0 Å². The van der Waals surface area contributed by atoms with Crippen LogP contribution in [-0.2, 0) is 0 Å². The van der Waals surface area contributed by atoms with Crippen LogP contribution in [0.3, 0.4) is 0 Å². The molecule has 10 heavy (non-hydrogen) atoms. The molecule has 0 heterocycles. The molecule has 0 bridgehead atoms. The van der Waals surface area contributed by atoms with E-state index in [1.54, 1.807) is 0 Å². The Kier molecular flexibility index (Phi) is 1070. The molecule has 0 aromatic carbocycles. The van der Waals surface area contributed by atoms with Gasteiger partial charge in [-0.25, -0.2) is 0 Å². The molecular formula is C7H25BrN2. The van der Waals surface area contributed by atoms with Gasteiger partial charge in [0.2, 0.25) is 0 Å². The fraction of sp³-hybridized carbons (Fsp3) is 1.00. The minimum absolute atomic E-state index is 0. The average Bonchev–Trinajstić information content (AvgIpc) is 2.01. The Morgan fingerprint density at radius 3 is 1.00 bits per heavy atom. The molecule has 0 spiro atoms. The first-order valence-corrected chi connectivity index (χ1v) is 4.54. The Bertz CT molecular complexity index is 11.6. The van der Waals surface area contributed by atoms with E-state index < -0.39 is 0 Å². The number of nitrogens with one attached hydrogen (secondary N) is 1. The summed E-state index contributed by atoms with van der Waals surface area (Å²) in [5, 5.41) is 2.75. The summed E-state index contributed by atoms with van der Waals surface area (Å²) < 4.78 is 0. The maximum absolute atomic E-state index is 4.50. The van der Waals surface area contributed by atoms with Crippen LogP contribution in [0.25, 0.3) is 0 Å². The monoisotopic (exact) mass is 216 g/mol. The van der Waals surface area contributed by atoms with E-state index in [1.165, 1.54) is 7.05 Å². The van der Waals surface area contributed by atoms with Crippen molar-refractivity contribution in [2.45, 2.75) is 21.3 Å². The van der Waals surface area contributed by atoms with Crippen LogP contribution in [0.2, 0.25) is 0 Å². The fourth-order valence-electron chi connectivity index (χ4n) is 0. The molecule has 70 valence electrons. The van der Waals surface area contributed by atoms with Crippen LogP contribution < -0.4 is 11.1 Å². The Morgan fingerprint density at radius 2 is 1.00 bits per heavy atom. The van der Waals surface area contributed by atoms with Gasteiger partial charge in [0.1, 0.15) is 0 Å². The van der Waals surface area contributed by atoms with Crippen molar-refractivity contribution < 1.29 is 0 Å². The zero-order valence-electron chi connectivity index (χ0n) is 7.46. The molecule has 0 aliphatic heterocycles. The highest BCUT2D eigenvalue weighted by atomic mass is 79.9. The highest BCUT2D eigenvalue weighted by molar-refractivity contribution is 9.08. The number of hydrogen-bond donors (Lipinski definition) is 2. The Morgan fingerprint density at radius 1 is 1.00 bits per heavy atom. The van der Waals surface area contributed by atoms with Crippen LogP contribution in [0.1, 0.15) is 21.3 Å². The lowest BCUT2D eigenvalue weighted by Crippen LogP contribution is -1.89. The Labute approximate surface area is 75.7 Å². The lowest BCUT2D eigenvalue weighted by atomic mass is 11.0. The minimum Gasteiger partial charge on any atom is -0.333 e. The van der Waals surface area contributed by atoms with Gasteiger partial charge < -0.3 is 11.1 Å². The molecule has 0 saturated carbocycles. The third-order valence-corrected chi connectivity index (χ3v) is 0. The summed E-state index contributed by atoms with van der Waals surface area (Å²) in [5.74, 6) is 1.81. The van der Waals surface area contributed by atoms with Crippen LogP contribution in [-0.4, -0.2) is 27.0 Å². The molecule has 3 N–H and O–H groups in total. The van der Waals surface area contributed by atoms with Crippen molar-refractivity contribution >= 4 is 15.9 Å². The van der Waals surface area contributed by atoms with Gasteiger partial charge in [-0.3, -0.25) is 0 Å². The van der Waals surface area contributed by atoms with Crippen LogP contribution in [0, 0.1) is 0 Å². The average molecular weight is 217 g/mol. The van der Waals surface area contributed by atoms with Crippen molar-refractivity contribution in [3.8, 4) is 0 Å². The largest absolute Gasteiger partial charge is 0.333 e. The summed E-state index contributed by atoms with van der Waals surface area (Å²) in [4.78, 5) is 0. The van der Waals surface area contributed by atoms with Gasteiger partial charge >= 0.3 is 0 Å². The summed E-state index contributed by atoms with van der Waals surface area (Å²) >= 11 is 2.94. The molecule has 0 aromatic heterocycles. The van der Waals surface area contributed by atoms with E-state index in [-0.39, 0.29) is 7.43 Å². The smallest absolute Gasteiger partial charge is 0.00848 e. The van der Waals surface area contributed by atoms with Crippen LogP contribution in [0.15, 0.2) is 0 Å². The molecule has 0 fully saturated rings. The van der Waals surface area contributed by atoms with Gasteiger partial charge in [-0.05, 0) is 27.0 Å². The van der Waals surface area contributed by atoms with Gasteiger partial charge in [0.05, 0.1) is 0 Å². The van der Waals surface area contributed by atoms with Gasteiger partial charge in [-0.1, -0.05) is 37.2 Å². The predicted molar refractivity (Wildman–Crippen MR) is 58.0 cm³/mol. The lowest BCUT2D eigenvalue weighted by molar-refractivity contribution is 1.02. The lowest BCUT2D eigenvalue weighted by Gasteiger charge is -1.59. The van der Waals surface area contributed by atoms with E-state index in [2.05, 4.69) is 27.0 Å². The van der Waals surface area contributed by atoms with Gasteiger partial charge in [-0.15, -0.1) is 0 Å². The molecule has 0 aliphatic carbocycles. The molecule has 0 aromatic rings. The minimum atomic E-state index is 0. The second-order valence-corrected chi connectivity index (χ2v) is 0.500. The first kappa shape index (κ1) is 31.5. The first-order valence-electron chi connectivity index (χ1n) is 2.96. The topological polar surface area (TPSA) is 38.0 Å². The third-order valence-electron chi connectivity index (χ3n) is 0. The summed E-state index contributed by atoms with van der Waals surface area (Å²) in [6.07, 6.45) is 0. The quantitative estimate of drug-likeness (QED) is 0.610. The molecule has 0 amide bonds. The fourth-order valence-corrected chi connectivity index (χ4v) is 0. The Hall–Kier alpha value is 0.400. The number of rotatable bonds is 0. The van der Waals surface area contributed by atoms with Gasteiger partial charge in [0, 0.05) is 0 Å². The summed E-state index contributed by atoms with van der Waals surface area (Å²) in [7, 11) is 5.25. The summed E-state index contributed by atoms with van der Waals surface area (Å²) in [6, 6.07) is 0. The molecule has 2 nitrogen and oxygen atoms in total. The van der Waals surface area contributed by atoms with E-state index >= 15 is 0 Å². The zero-order chi connectivity index (χ0) is 8.71. The second kappa shape index (κ2) is 338. The zero-order valence-corrected chi connectivity index (χ0v) is 9.04. The summed E-state index contributed by atoms with van der Waals surface area (Å²) in [6.45, 7) is 4.00. The molecule has 0 atom stereocenters. The molecular weight excluding hydrogens is 192 g/mol. The summed E-state index contributed by atoms with van der Waals surface area (Å²) in [5.41, 5.74) is 4.50. The van der Waals surface area contributed by atoms with Crippen LogP contribution >= 0.6 is 15.9 Å². The van der Waals surface area contributed by atoms with Crippen molar-refractivity contribution in [1.82, 2.24) is 5.32 Å². The number of hydrogen-bond acceptors (Lipinski definition) is 2. The first-order chi connectivity index (χ1) is 4.41. The van der Waals surface area contributed by atoms with Crippen molar-refractivity contribution in [3.63, 3.8) is 0 Å². The third kappa shape index (κ3) is 2870. The van der Waals surface area contributed by atoms with E-state index in [9.17, 15) is 0 Å². The molecule has 0 aliphatic rings. The van der Waals surface area contributed by atoms with E-state index in [1.807, 2.05) is 33.8 Å². The molecule has 0 rings (SSSR count). The van der Waals surface area contributed by atoms with Crippen molar-refractivity contribution in [2.24, 2.45) is 5.73 Å². The number of halogens is 1. The normalized spacial score (nSPS) is 3.60. The van der Waals surface area contributed by atoms with Gasteiger partial charge in [0.15, 0.2) is 0 Å². The second-order valence-electron chi connectivity index (χ2n) is 0.500. The predicted octanol–water partition coefficient (Wildman–Crippen LogP) is 2.08. The van der Waals surface area contributed by atoms with Crippen molar-refractivity contribution in [2.75, 3.05) is 27.0 Å². The van der Waals surface area contributed by atoms with Crippen molar-refractivity contribution in [3.05, 3.63) is 0 Å². The Balaban J connectivity index is -0.0000000110. The highest BCUT2D eigenvalue weighted by Crippen LogP contribution is 1.45. The SMILES string of the molecule is C.CBr.CC.CN.CNC. The number of nitrogens with two attached hydrogens (primary N) is 1. The van der Waals surface area contributed by atoms with Crippen LogP contribution in [0.5, 0.6) is 0 Å². The van der Waals surface area contributed by atoms with E-state index in [4.69, 9.17) is 0 Å². The van der Waals surface area contributed by atoms with Crippen LogP contribution in [0.4, 0.5) is 0 Å². The highest BCUT2D eigenvalue weighted by Gasteiger charge is 1.25. The molecule has 0 saturated heterocycles. The number of alkyl halides is 1. The standard InChI is InChI=1S/C2H7N.C2H6.CH3Br.CH5N.CH4/c1-3-2;3*1-2;/h3H,1-2H3;1-2H3;1H3;2H2,1H3;1H4.